The van der Waals surface area contributed by atoms with Crippen molar-refractivity contribution >= 4 is 41.4 Å². The summed E-state index contributed by atoms with van der Waals surface area (Å²) in [6, 6.07) is -1.17. The van der Waals surface area contributed by atoms with Crippen LogP contribution in [0.4, 0.5) is 0 Å². The number of nitrogens with zero attached hydrogens (tertiary/aromatic N) is 4. The molecule has 0 bridgehead atoms. The smallest absolute Gasteiger partial charge is 0.548 e. The Bertz CT molecular complexity index is 861. The number of likely N-dealkylation sites (tertiary alicyclic amines) is 2. The van der Waals surface area contributed by atoms with Gasteiger partial charge in [0.15, 0.2) is 0 Å². The van der Waals surface area contributed by atoms with Crippen LogP contribution in [0.15, 0.2) is 0 Å². The van der Waals surface area contributed by atoms with Gasteiger partial charge in [-0.3, -0.25) is 19.2 Å². The fourth-order valence-corrected chi connectivity index (χ4v) is 7.04. The molecular weight excluding hydrogens is 487 g/mol. The summed E-state index contributed by atoms with van der Waals surface area (Å²) >= 11 is 1.20. The van der Waals surface area contributed by atoms with Crippen molar-refractivity contribution in [2.75, 3.05) is 39.3 Å². The number of aliphatic hydroxyl groups excluding tert-OH is 1. The van der Waals surface area contributed by atoms with Crippen LogP contribution in [0.2, 0.25) is 0 Å². The van der Waals surface area contributed by atoms with E-state index in [0.717, 1.165) is 35.5 Å². The molecule has 11 nitrogen and oxygen atoms in total. The van der Waals surface area contributed by atoms with E-state index in [0.29, 0.717) is 26.2 Å². The zero-order chi connectivity index (χ0) is 24.8. The molecule has 4 amide bonds. The summed E-state index contributed by atoms with van der Waals surface area (Å²) in [6.07, 6.45) is 1.70. The summed E-state index contributed by atoms with van der Waals surface area (Å²) in [4.78, 5) is 68.7. The van der Waals surface area contributed by atoms with Crippen molar-refractivity contribution in [3.63, 3.8) is 0 Å². The number of carbonyl (C=O) groups excluding carboxylic acids is 5. The number of carboxylic acids is 1. The topological polar surface area (TPSA) is 142 Å². The number of rotatable bonds is 7. The van der Waals surface area contributed by atoms with Gasteiger partial charge < -0.3 is 34.6 Å². The molecule has 4 aliphatic rings. The van der Waals surface area contributed by atoms with Crippen LogP contribution in [0.25, 0.3) is 0 Å². The standard InChI is InChI=1S/C22H32N4O7S.Na/c1-22(2)17(21(32)33)26-18(30)15(20(26)34-22)16(29)19(31)25(11-13(27)23-7-3-4-8-23)12-14(28)24-9-5-6-10-24;/h15-17,20,29H,3-12H2,1-2H3,(H,32,33);/q;+1/p-1/t15-,16+,17+,20-;/m1./s1. The first kappa shape index (κ1) is 28.2. The molecular formula is C22H31N4NaO7S. The molecule has 4 atom stereocenters. The van der Waals surface area contributed by atoms with Crippen LogP contribution < -0.4 is 34.7 Å². The minimum absolute atomic E-state index is 0. The third-order valence-electron chi connectivity index (χ3n) is 7.18. The van der Waals surface area contributed by atoms with Gasteiger partial charge in [-0.1, -0.05) is 0 Å². The van der Waals surface area contributed by atoms with Crippen LogP contribution in [0.5, 0.6) is 0 Å². The average molecular weight is 519 g/mol. The summed E-state index contributed by atoms with van der Waals surface area (Å²) in [7, 11) is 0. The van der Waals surface area contributed by atoms with Crippen molar-refractivity contribution in [1.82, 2.24) is 19.6 Å². The molecule has 0 unspecified atom stereocenters. The van der Waals surface area contributed by atoms with Gasteiger partial charge in [0, 0.05) is 30.9 Å². The first-order valence-electron chi connectivity index (χ1n) is 11.8. The van der Waals surface area contributed by atoms with Crippen molar-refractivity contribution in [2.45, 2.75) is 61.8 Å². The second kappa shape index (κ2) is 11.0. The number of hydrogen-bond acceptors (Lipinski definition) is 8. The molecule has 0 aliphatic carbocycles. The molecule has 0 aromatic heterocycles. The SMILES string of the molecule is CC1(C)S[C@@H]2[C@H]([C@H](O)C(=O)N(CC(=O)N3CCCC3)CC(=O)N3CCCC3)C(=O)N2[C@H]1C(=O)[O-].[Na+]. The number of aliphatic hydroxyl groups is 1. The van der Waals surface area contributed by atoms with Crippen molar-refractivity contribution in [3.8, 4) is 0 Å². The molecule has 0 spiro atoms. The van der Waals surface area contributed by atoms with E-state index in [4.69, 9.17) is 0 Å². The van der Waals surface area contributed by atoms with Gasteiger partial charge in [0.05, 0.1) is 17.4 Å². The molecule has 4 fully saturated rings. The third-order valence-corrected chi connectivity index (χ3v) is 8.77. The van der Waals surface area contributed by atoms with Crippen LogP contribution in [-0.2, 0) is 24.0 Å². The minimum atomic E-state index is -1.78. The van der Waals surface area contributed by atoms with Crippen molar-refractivity contribution in [3.05, 3.63) is 0 Å². The summed E-state index contributed by atoms with van der Waals surface area (Å²) in [6.45, 7) is 4.96. The van der Waals surface area contributed by atoms with Crippen LogP contribution in [0, 0.1) is 5.92 Å². The molecule has 35 heavy (non-hydrogen) atoms. The second-order valence-corrected chi connectivity index (χ2v) is 11.7. The first-order valence-corrected chi connectivity index (χ1v) is 12.6. The fourth-order valence-electron chi connectivity index (χ4n) is 5.33. The Labute approximate surface area is 230 Å². The zero-order valence-corrected chi connectivity index (χ0v) is 23.3. The Balaban J connectivity index is 0.00000342. The Morgan fingerprint density at radius 1 is 1.03 bits per heavy atom. The summed E-state index contributed by atoms with van der Waals surface area (Å²) in [5.74, 6) is -4.65. The van der Waals surface area contributed by atoms with Crippen molar-refractivity contribution in [1.29, 1.82) is 0 Å². The largest absolute Gasteiger partial charge is 1.00 e. The van der Waals surface area contributed by atoms with Crippen LogP contribution >= 0.6 is 11.8 Å². The van der Waals surface area contributed by atoms with E-state index in [1.54, 1.807) is 23.6 Å². The molecule has 4 rings (SSSR count). The third kappa shape index (κ3) is 5.36. The molecule has 13 heteroatoms. The number of fused-ring (bicyclic) bond motifs is 1. The van der Waals surface area contributed by atoms with Gasteiger partial charge in [0.2, 0.25) is 17.7 Å². The average Bonchev–Trinajstić information content (AvgIpc) is 3.52. The summed E-state index contributed by atoms with van der Waals surface area (Å²) < 4.78 is -0.853. The number of thioether (sulfide) groups is 1. The van der Waals surface area contributed by atoms with Gasteiger partial charge in [0.1, 0.15) is 25.1 Å². The van der Waals surface area contributed by atoms with Crippen LogP contribution in [0.3, 0.4) is 0 Å². The van der Waals surface area contributed by atoms with Gasteiger partial charge in [-0.15, -0.1) is 11.8 Å². The first-order chi connectivity index (χ1) is 16.0. The Kier molecular flexibility index (Phi) is 8.84. The number of carbonyl (C=O) groups is 5. The summed E-state index contributed by atoms with van der Waals surface area (Å²) in [5, 5.41) is 21.8. The quantitative estimate of drug-likeness (QED) is 0.261. The van der Waals surface area contributed by atoms with E-state index in [1.807, 2.05) is 0 Å². The monoisotopic (exact) mass is 518 g/mol. The maximum absolute atomic E-state index is 13.3. The van der Waals surface area contributed by atoms with Gasteiger partial charge >= 0.3 is 29.6 Å². The zero-order valence-electron chi connectivity index (χ0n) is 20.5. The predicted molar refractivity (Wildman–Crippen MR) is 119 cm³/mol. The second-order valence-electron chi connectivity index (χ2n) is 9.92. The minimum Gasteiger partial charge on any atom is -0.548 e. The van der Waals surface area contributed by atoms with Gasteiger partial charge in [-0.2, -0.15) is 0 Å². The molecule has 0 aromatic rings. The Hall–Kier alpha value is -1.34. The van der Waals surface area contributed by atoms with E-state index in [9.17, 15) is 34.2 Å². The van der Waals surface area contributed by atoms with Crippen LogP contribution in [0.1, 0.15) is 39.5 Å². The molecule has 0 aromatic carbocycles. The number of β-lactam (4-membered cyclic amide) rings is 1. The summed E-state index contributed by atoms with van der Waals surface area (Å²) in [5.41, 5.74) is 0. The van der Waals surface area contributed by atoms with E-state index in [1.165, 1.54) is 11.8 Å². The number of carboxylic acid groups (broad SMARTS) is 1. The maximum Gasteiger partial charge on any atom is 1.00 e. The van der Waals surface area contributed by atoms with E-state index >= 15 is 0 Å². The maximum atomic E-state index is 13.3. The van der Waals surface area contributed by atoms with E-state index < -0.39 is 46.0 Å². The molecule has 4 heterocycles. The van der Waals surface area contributed by atoms with E-state index in [2.05, 4.69) is 0 Å². The van der Waals surface area contributed by atoms with Gasteiger partial charge in [0.25, 0.3) is 5.91 Å². The molecule has 188 valence electrons. The number of aliphatic carboxylic acids is 1. The number of amides is 4. The molecule has 0 saturated carbocycles. The van der Waals surface area contributed by atoms with Crippen molar-refractivity contribution in [2.24, 2.45) is 5.92 Å². The molecule has 1 N–H and O–H groups in total. The molecule has 4 aliphatic heterocycles. The van der Waals surface area contributed by atoms with Crippen molar-refractivity contribution < 1.29 is 63.7 Å². The predicted octanol–water partition coefficient (Wildman–Crippen LogP) is -5.15. The number of hydrogen-bond donors (Lipinski definition) is 1. The van der Waals surface area contributed by atoms with Gasteiger partial charge in [-0.05, 0) is 39.5 Å². The van der Waals surface area contributed by atoms with Gasteiger partial charge in [-0.25, -0.2) is 0 Å². The van der Waals surface area contributed by atoms with Crippen LogP contribution in [-0.4, -0.2) is 116 Å². The molecule has 0 radical (unpaired) electrons. The normalized spacial score (nSPS) is 27.7. The van der Waals surface area contributed by atoms with E-state index in [-0.39, 0.29) is 54.5 Å². The fraction of sp³-hybridized carbons (Fsp3) is 0.773. The Morgan fingerprint density at radius 2 is 1.49 bits per heavy atom. The molecule has 4 saturated heterocycles. The Morgan fingerprint density at radius 3 is 1.91 bits per heavy atom.